The van der Waals surface area contributed by atoms with Gasteiger partial charge in [0.05, 0.1) is 6.33 Å². The number of carbonyl (C=O) groups excluding carboxylic acids is 1. The van der Waals surface area contributed by atoms with Gasteiger partial charge < -0.3 is 10.1 Å². The molecule has 8 heteroatoms. The molecule has 2 heterocycles. The minimum absolute atomic E-state index is 0.177. The molecule has 116 valence electrons. The number of anilines is 1. The van der Waals surface area contributed by atoms with Crippen molar-refractivity contribution in [1.29, 1.82) is 0 Å². The van der Waals surface area contributed by atoms with E-state index in [2.05, 4.69) is 19.9 Å². The summed E-state index contributed by atoms with van der Waals surface area (Å²) in [6.45, 7) is 1.42. The van der Waals surface area contributed by atoms with Gasteiger partial charge in [0.1, 0.15) is 17.9 Å². The average Bonchev–Trinajstić information content (AvgIpc) is 3.05. The Labute approximate surface area is 130 Å². The number of H-pyrrole nitrogens is 1. The third kappa shape index (κ3) is 2.61. The molecule has 1 atom stereocenters. The molecule has 0 saturated heterocycles. The van der Waals surface area contributed by atoms with Crippen LogP contribution in [0.1, 0.15) is 17.3 Å². The van der Waals surface area contributed by atoms with E-state index in [9.17, 15) is 14.7 Å². The van der Waals surface area contributed by atoms with Crippen molar-refractivity contribution >= 4 is 28.9 Å². The van der Waals surface area contributed by atoms with Gasteiger partial charge in [0.2, 0.25) is 0 Å². The Bertz CT molecular complexity index is 862. The van der Waals surface area contributed by atoms with E-state index in [0.29, 0.717) is 16.7 Å². The van der Waals surface area contributed by atoms with Crippen LogP contribution < -0.4 is 4.90 Å². The molecule has 3 rings (SSSR count). The lowest BCUT2D eigenvalue weighted by molar-refractivity contribution is -0.138. The molecular weight excluding hydrogens is 298 g/mol. The Morgan fingerprint density at radius 1 is 1.17 bits per heavy atom. The number of aliphatic carboxylic acids is 1. The van der Waals surface area contributed by atoms with Gasteiger partial charge in [-0.15, -0.1) is 0 Å². The summed E-state index contributed by atoms with van der Waals surface area (Å²) < 4.78 is 0. The summed E-state index contributed by atoms with van der Waals surface area (Å²) in [5.74, 6) is -1.42. The first kappa shape index (κ1) is 14.6. The number of nitrogens with one attached hydrogen (secondary N) is 1. The summed E-state index contributed by atoms with van der Waals surface area (Å²) in [4.78, 5) is 40.3. The topological polar surface area (TPSA) is 112 Å². The van der Waals surface area contributed by atoms with Crippen LogP contribution in [0.3, 0.4) is 0 Å². The van der Waals surface area contributed by atoms with E-state index in [1.54, 1.807) is 30.3 Å². The lowest BCUT2D eigenvalue weighted by atomic mass is 10.1. The molecule has 1 amide bonds. The standard InChI is InChI=1S/C15H13N5O3/c1-9(15(22)23)20(14(21)10-5-3-2-4-6-10)13-11-12(17-7-16-11)18-8-19-13/h2-9H,1H3,(H,22,23)(H,16,17,18,19). The summed E-state index contributed by atoms with van der Waals surface area (Å²) in [7, 11) is 0. The Morgan fingerprint density at radius 2 is 1.91 bits per heavy atom. The first-order chi connectivity index (χ1) is 11.1. The summed E-state index contributed by atoms with van der Waals surface area (Å²) in [5.41, 5.74) is 1.13. The van der Waals surface area contributed by atoms with Crippen molar-refractivity contribution in [3.63, 3.8) is 0 Å². The van der Waals surface area contributed by atoms with Crippen molar-refractivity contribution in [3.8, 4) is 0 Å². The number of rotatable bonds is 4. The van der Waals surface area contributed by atoms with E-state index in [4.69, 9.17) is 0 Å². The number of carboxylic acid groups (broad SMARTS) is 1. The number of hydrogen-bond donors (Lipinski definition) is 2. The number of imidazole rings is 1. The lowest BCUT2D eigenvalue weighted by Crippen LogP contribution is -2.44. The number of nitrogens with zero attached hydrogens (tertiary/aromatic N) is 4. The van der Waals surface area contributed by atoms with Gasteiger partial charge in [-0.2, -0.15) is 0 Å². The zero-order valence-corrected chi connectivity index (χ0v) is 12.2. The molecule has 0 fully saturated rings. The predicted molar refractivity (Wildman–Crippen MR) is 82.0 cm³/mol. The Kier molecular flexibility index (Phi) is 3.71. The Morgan fingerprint density at radius 3 is 2.61 bits per heavy atom. The lowest BCUT2D eigenvalue weighted by Gasteiger charge is -2.25. The molecule has 0 aliphatic rings. The molecule has 0 saturated carbocycles. The van der Waals surface area contributed by atoms with Crippen LogP contribution in [0, 0.1) is 0 Å². The second kappa shape index (κ2) is 5.84. The number of fused-ring (bicyclic) bond motifs is 1. The molecule has 0 aliphatic carbocycles. The van der Waals surface area contributed by atoms with Crippen LogP contribution in [0.25, 0.3) is 11.2 Å². The quantitative estimate of drug-likeness (QED) is 0.754. The molecule has 1 unspecified atom stereocenters. The number of amides is 1. The molecule has 0 radical (unpaired) electrons. The second-order valence-corrected chi connectivity index (χ2v) is 4.85. The van der Waals surface area contributed by atoms with Gasteiger partial charge in [0, 0.05) is 5.56 Å². The molecular formula is C15H13N5O3. The number of benzene rings is 1. The summed E-state index contributed by atoms with van der Waals surface area (Å²) in [6, 6.07) is 7.33. The van der Waals surface area contributed by atoms with Gasteiger partial charge in [-0.1, -0.05) is 18.2 Å². The van der Waals surface area contributed by atoms with Crippen LogP contribution in [0.4, 0.5) is 5.82 Å². The van der Waals surface area contributed by atoms with Gasteiger partial charge in [-0.25, -0.2) is 19.7 Å². The third-order valence-electron chi connectivity index (χ3n) is 3.42. The Balaban J connectivity index is 2.15. The zero-order chi connectivity index (χ0) is 16.4. The first-order valence-corrected chi connectivity index (χ1v) is 6.85. The number of aromatic nitrogens is 4. The number of carbonyl (C=O) groups is 2. The highest BCUT2D eigenvalue weighted by molar-refractivity contribution is 6.11. The third-order valence-corrected chi connectivity index (χ3v) is 3.42. The monoisotopic (exact) mass is 311 g/mol. The van der Waals surface area contributed by atoms with E-state index < -0.39 is 17.9 Å². The number of aromatic amines is 1. The van der Waals surface area contributed by atoms with Crippen molar-refractivity contribution in [2.45, 2.75) is 13.0 Å². The van der Waals surface area contributed by atoms with Gasteiger partial charge in [0.25, 0.3) is 5.91 Å². The van der Waals surface area contributed by atoms with Crippen molar-refractivity contribution in [3.05, 3.63) is 48.5 Å². The molecule has 8 nitrogen and oxygen atoms in total. The molecule has 2 aromatic heterocycles. The van der Waals surface area contributed by atoms with E-state index >= 15 is 0 Å². The maximum absolute atomic E-state index is 12.8. The fourth-order valence-electron chi connectivity index (χ4n) is 2.22. The van der Waals surface area contributed by atoms with Crippen molar-refractivity contribution < 1.29 is 14.7 Å². The smallest absolute Gasteiger partial charge is 0.326 e. The van der Waals surface area contributed by atoms with E-state index in [1.807, 2.05) is 0 Å². The fourth-order valence-corrected chi connectivity index (χ4v) is 2.22. The number of carboxylic acids is 1. The van der Waals surface area contributed by atoms with Crippen LogP contribution in [0.2, 0.25) is 0 Å². The summed E-state index contributed by atoms with van der Waals surface area (Å²) in [6.07, 6.45) is 2.66. The van der Waals surface area contributed by atoms with Crippen molar-refractivity contribution in [2.75, 3.05) is 4.90 Å². The van der Waals surface area contributed by atoms with Crippen LogP contribution in [0.5, 0.6) is 0 Å². The van der Waals surface area contributed by atoms with E-state index in [0.717, 1.165) is 4.90 Å². The van der Waals surface area contributed by atoms with Gasteiger partial charge in [-0.05, 0) is 19.1 Å². The van der Waals surface area contributed by atoms with E-state index in [-0.39, 0.29) is 5.82 Å². The van der Waals surface area contributed by atoms with Crippen LogP contribution in [-0.2, 0) is 4.79 Å². The predicted octanol–water partition coefficient (Wildman–Crippen LogP) is 1.47. The molecule has 1 aromatic carbocycles. The van der Waals surface area contributed by atoms with Crippen LogP contribution in [0.15, 0.2) is 43.0 Å². The van der Waals surface area contributed by atoms with Crippen LogP contribution >= 0.6 is 0 Å². The Hall–Kier alpha value is -3.29. The first-order valence-electron chi connectivity index (χ1n) is 6.85. The van der Waals surface area contributed by atoms with E-state index in [1.165, 1.54) is 19.6 Å². The summed E-state index contributed by atoms with van der Waals surface area (Å²) in [5, 5.41) is 9.37. The molecule has 23 heavy (non-hydrogen) atoms. The normalized spacial score (nSPS) is 12.0. The summed E-state index contributed by atoms with van der Waals surface area (Å²) >= 11 is 0. The van der Waals surface area contributed by atoms with Gasteiger partial charge in [0.15, 0.2) is 11.5 Å². The minimum atomic E-state index is -1.14. The molecule has 3 aromatic rings. The van der Waals surface area contributed by atoms with Gasteiger partial charge in [-0.3, -0.25) is 9.69 Å². The largest absolute Gasteiger partial charge is 0.480 e. The van der Waals surface area contributed by atoms with Crippen molar-refractivity contribution in [1.82, 2.24) is 19.9 Å². The molecule has 0 bridgehead atoms. The van der Waals surface area contributed by atoms with Crippen molar-refractivity contribution in [2.24, 2.45) is 0 Å². The molecule has 0 aliphatic heterocycles. The highest BCUT2D eigenvalue weighted by Crippen LogP contribution is 2.24. The fraction of sp³-hybridized carbons (Fsp3) is 0.133. The molecule has 0 spiro atoms. The van der Waals surface area contributed by atoms with Gasteiger partial charge >= 0.3 is 5.97 Å². The maximum atomic E-state index is 12.8. The highest BCUT2D eigenvalue weighted by Gasteiger charge is 2.31. The average molecular weight is 311 g/mol. The second-order valence-electron chi connectivity index (χ2n) is 4.85. The maximum Gasteiger partial charge on any atom is 0.326 e. The molecule has 2 N–H and O–H groups in total. The number of hydrogen-bond acceptors (Lipinski definition) is 5. The SMILES string of the molecule is CC(C(=O)O)N(C(=O)c1ccccc1)c1ncnc2nc[nH]c12. The zero-order valence-electron chi connectivity index (χ0n) is 12.2. The highest BCUT2D eigenvalue weighted by atomic mass is 16.4. The van der Waals surface area contributed by atoms with Crippen LogP contribution in [-0.4, -0.2) is 43.0 Å². The minimum Gasteiger partial charge on any atom is -0.480 e.